The lowest BCUT2D eigenvalue weighted by Gasteiger charge is -2.14. The van der Waals surface area contributed by atoms with E-state index in [9.17, 15) is 4.79 Å². The number of aryl methyl sites for hydroxylation is 1. The quantitative estimate of drug-likeness (QED) is 0.770. The molecule has 6 heteroatoms. The van der Waals surface area contributed by atoms with E-state index in [1.54, 1.807) is 24.7 Å². The highest BCUT2D eigenvalue weighted by Gasteiger charge is 2.42. The van der Waals surface area contributed by atoms with Crippen LogP contribution < -0.4 is 5.32 Å². The number of nitrogens with one attached hydrogen (secondary N) is 1. The summed E-state index contributed by atoms with van der Waals surface area (Å²) in [5, 5.41) is 7.18. The van der Waals surface area contributed by atoms with E-state index in [2.05, 4.69) is 58.5 Å². The third-order valence-electron chi connectivity index (χ3n) is 4.97. The van der Waals surface area contributed by atoms with Crippen molar-refractivity contribution in [2.24, 2.45) is 5.92 Å². The molecule has 0 spiro atoms. The first-order chi connectivity index (χ1) is 12.6. The number of aromatic nitrogens is 4. The number of nitrogens with zero attached hydrogens (tertiary/aromatic N) is 4. The van der Waals surface area contributed by atoms with Gasteiger partial charge in [0.2, 0.25) is 0 Å². The Morgan fingerprint density at radius 3 is 2.96 bits per heavy atom. The molecule has 6 nitrogen and oxygen atoms in total. The van der Waals surface area contributed by atoms with Gasteiger partial charge in [0.1, 0.15) is 12.7 Å². The first-order valence-corrected chi connectivity index (χ1v) is 8.80. The summed E-state index contributed by atoms with van der Waals surface area (Å²) in [6.45, 7) is 4.19. The van der Waals surface area contributed by atoms with Crippen LogP contribution in [0.3, 0.4) is 0 Å². The van der Waals surface area contributed by atoms with Crippen molar-refractivity contribution in [2.75, 3.05) is 0 Å². The Labute approximate surface area is 152 Å². The van der Waals surface area contributed by atoms with Crippen LogP contribution in [0.25, 0.3) is 5.82 Å². The van der Waals surface area contributed by atoms with Gasteiger partial charge in [0, 0.05) is 17.8 Å². The standard InChI is InChI=1S/C20H21N5O/c1-13-4-3-5-15(8-13)18-10-17(18)14(2)24-20(26)16-6-7-22-19(9-16)25-12-21-11-23-25/h3-9,11-12,14,17-18H,10H2,1-2H3,(H,24,26)/t14-,17-,18-/m0/s1. The van der Waals surface area contributed by atoms with Crippen LogP contribution in [0.5, 0.6) is 0 Å². The second-order valence-corrected chi connectivity index (χ2v) is 6.93. The van der Waals surface area contributed by atoms with Crippen molar-refractivity contribution >= 4 is 5.91 Å². The van der Waals surface area contributed by atoms with Crippen molar-refractivity contribution in [3.8, 4) is 5.82 Å². The Hall–Kier alpha value is -3.02. The molecule has 1 saturated carbocycles. The van der Waals surface area contributed by atoms with Gasteiger partial charge in [-0.1, -0.05) is 29.8 Å². The summed E-state index contributed by atoms with van der Waals surface area (Å²) in [5.74, 6) is 1.51. The molecule has 0 bridgehead atoms. The Morgan fingerprint density at radius 1 is 1.31 bits per heavy atom. The maximum absolute atomic E-state index is 12.6. The smallest absolute Gasteiger partial charge is 0.251 e. The first kappa shape index (κ1) is 16.4. The topological polar surface area (TPSA) is 72.7 Å². The number of rotatable bonds is 5. The molecule has 0 unspecified atom stereocenters. The Balaban J connectivity index is 1.42. The average molecular weight is 347 g/mol. The van der Waals surface area contributed by atoms with Gasteiger partial charge in [-0.3, -0.25) is 4.79 Å². The van der Waals surface area contributed by atoms with Crippen LogP contribution in [0.1, 0.15) is 40.7 Å². The molecule has 4 rings (SSSR count). The fourth-order valence-electron chi connectivity index (χ4n) is 3.46. The molecule has 0 radical (unpaired) electrons. The van der Waals surface area contributed by atoms with E-state index in [-0.39, 0.29) is 11.9 Å². The molecular weight excluding hydrogens is 326 g/mol. The predicted octanol–water partition coefficient (Wildman–Crippen LogP) is 2.89. The van der Waals surface area contributed by atoms with Crippen LogP contribution >= 0.6 is 0 Å². The van der Waals surface area contributed by atoms with Crippen LogP contribution in [0.15, 0.2) is 55.2 Å². The van der Waals surface area contributed by atoms with Gasteiger partial charge in [0.25, 0.3) is 5.91 Å². The highest BCUT2D eigenvalue weighted by atomic mass is 16.1. The van der Waals surface area contributed by atoms with E-state index < -0.39 is 0 Å². The summed E-state index contributed by atoms with van der Waals surface area (Å²) in [6.07, 6.45) is 5.73. The highest BCUT2D eigenvalue weighted by Crippen LogP contribution is 2.49. The molecule has 1 amide bonds. The van der Waals surface area contributed by atoms with Gasteiger partial charge in [0.05, 0.1) is 0 Å². The molecule has 26 heavy (non-hydrogen) atoms. The summed E-state index contributed by atoms with van der Waals surface area (Å²) < 4.78 is 1.54. The van der Waals surface area contributed by atoms with Crippen molar-refractivity contribution in [2.45, 2.75) is 32.2 Å². The van der Waals surface area contributed by atoms with Crippen molar-refractivity contribution in [1.82, 2.24) is 25.1 Å². The lowest BCUT2D eigenvalue weighted by atomic mass is 10.0. The number of hydrogen-bond acceptors (Lipinski definition) is 4. The predicted molar refractivity (Wildman–Crippen MR) is 98.1 cm³/mol. The minimum atomic E-state index is -0.0869. The van der Waals surface area contributed by atoms with Crippen molar-refractivity contribution in [3.05, 3.63) is 71.9 Å². The molecule has 1 aromatic carbocycles. The number of hydrogen-bond donors (Lipinski definition) is 1. The molecule has 1 N–H and O–H groups in total. The maximum atomic E-state index is 12.6. The fraction of sp³-hybridized carbons (Fsp3) is 0.300. The minimum Gasteiger partial charge on any atom is -0.349 e. The molecule has 3 atom stereocenters. The van der Waals surface area contributed by atoms with Crippen molar-refractivity contribution in [3.63, 3.8) is 0 Å². The molecule has 1 aliphatic carbocycles. The Morgan fingerprint density at radius 2 is 2.19 bits per heavy atom. The number of amides is 1. The molecule has 2 heterocycles. The molecule has 1 aliphatic rings. The number of carbonyl (C=O) groups excluding carboxylic acids is 1. The lowest BCUT2D eigenvalue weighted by Crippen LogP contribution is -2.34. The molecule has 0 aliphatic heterocycles. The summed E-state index contributed by atoms with van der Waals surface area (Å²) >= 11 is 0. The van der Waals surface area contributed by atoms with Crippen molar-refractivity contribution < 1.29 is 4.79 Å². The second-order valence-electron chi connectivity index (χ2n) is 6.93. The number of benzene rings is 1. The summed E-state index contributed by atoms with van der Waals surface area (Å²) in [5.41, 5.74) is 3.22. The van der Waals surface area contributed by atoms with Crippen LogP contribution in [0.4, 0.5) is 0 Å². The monoisotopic (exact) mass is 347 g/mol. The zero-order chi connectivity index (χ0) is 18.1. The van der Waals surface area contributed by atoms with E-state index >= 15 is 0 Å². The molecular formula is C20H21N5O. The first-order valence-electron chi connectivity index (χ1n) is 8.80. The summed E-state index contributed by atoms with van der Waals surface area (Å²) in [6, 6.07) is 12.2. The van der Waals surface area contributed by atoms with Gasteiger partial charge in [-0.15, -0.1) is 0 Å². The molecule has 3 aromatic rings. The third-order valence-corrected chi connectivity index (χ3v) is 4.97. The van der Waals surface area contributed by atoms with Gasteiger partial charge in [0.15, 0.2) is 5.82 Å². The SMILES string of the molecule is Cc1cccc([C@@H]2C[C@H]2[C@H](C)NC(=O)c2ccnc(-n3cncn3)c2)c1. The minimum absolute atomic E-state index is 0.0869. The van der Waals surface area contributed by atoms with Crippen LogP contribution in [-0.2, 0) is 0 Å². The van der Waals surface area contributed by atoms with Crippen LogP contribution in [0.2, 0.25) is 0 Å². The third kappa shape index (κ3) is 3.35. The van der Waals surface area contributed by atoms with Gasteiger partial charge >= 0.3 is 0 Å². The maximum Gasteiger partial charge on any atom is 0.251 e. The zero-order valence-electron chi connectivity index (χ0n) is 14.8. The Bertz CT molecular complexity index is 921. The van der Waals surface area contributed by atoms with E-state index in [0.29, 0.717) is 23.2 Å². The molecule has 2 aromatic heterocycles. The van der Waals surface area contributed by atoms with Gasteiger partial charge in [-0.05, 0) is 49.8 Å². The summed E-state index contributed by atoms with van der Waals surface area (Å²) in [7, 11) is 0. The normalized spacial score (nSPS) is 19.8. The van der Waals surface area contributed by atoms with Crippen LogP contribution in [0, 0.1) is 12.8 Å². The number of carbonyl (C=O) groups is 1. The molecule has 1 fully saturated rings. The molecule has 0 saturated heterocycles. The van der Waals surface area contributed by atoms with E-state index in [1.807, 2.05) is 0 Å². The van der Waals surface area contributed by atoms with E-state index in [4.69, 9.17) is 0 Å². The highest BCUT2D eigenvalue weighted by molar-refractivity contribution is 5.94. The average Bonchev–Trinajstić information content (AvgIpc) is 3.27. The zero-order valence-corrected chi connectivity index (χ0v) is 14.8. The van der Waals surface area contributed by atoms with Gasteiger partial charge in [-0.25, -0.2) is 14.6 Å². The van der Waals surface area contributed by atoms with Gasteiger partial charge in [-0.2, -0.15) is 5.10 Å². The van der Waals surface area contributed by atoms with E-state index in [0.717, 1.165) is 6.42 Å². The fourth-order valence-corrected chi connectivity index (χ4v) is 3.46. The van der Waals surface area contributed by atoms with E-state index in [1.165, 1.54) is 22.1 Å². The van der Waals surface area contributed by atoms with Gasteiger partial charge < -0.3 is 5.32 Å². The second kappa shape index (κ2) is 6.71. The molecule has 132 valence electrons. The summed E-state index contributed by atoms with van der Waals surface area (Å²) in [4.78, 5) is 20.8. The largest absolute Gasteiger partial charge is 0.349 e. The number of pyridine rings is 1. The van der Waals surface area contributed by atoms with Crippen LogP contribution in [-0.4, -0.2) is 31.7 Å². The lowest BCUT2D eigenvalue weighted by molar-refractivity contribution is 0.0935. The Kier molecular flexibility index (Phi) is 4.24. The van der Waals surface area contributed by atoms with Crippen molar-refractivity contribution in [1.29, 1.82) is 0 Å².